The molecule has 14 nitrogen and oxygen atoms in total. The van der Waals surface area contributed by atoms with Gasteiger partial charge in [-0.05, 0) is 12.8 Å². The summed E-state index contributed by atoms with van der Waals surface area (Å²) < 4.78 is 0. The van der Waals surface area contributed by atoms with E-state index in [1.807, 2.05) is 13.8 Å². The molecular weight excluding hydrogens is 632 g/mol. The smallest absolute Gasteiger partial charge is 0.304 e. The van der Waals surface area contributed by atoms with E-state index in [4.69, 9.17) is 56.2 Å². The summed E-state index contributed by atoms with van der Waals surface area (Å²) in [6, 6.07) is 0. The van der Waals surface area contributed by atoms with Crippen LogP contribution in [0.25, 0.3) is 0 Å². The van der Waals surface area contributed by atoms with E-state index < -0.39 is 28.7 Å². The second-order valence-electron chi connectivity index (χ2n) is 9.44. The van der Waals surface area contributed by atoms with Crippen LogP contribution >= 0.6 is 37.9 Å². The molecule has 0 aliphatic carbocycles. The van der Waals surface area contributed by atoms with Crippen molar-refractivity contribution in [2.24, 2.45) is 10.8 Å². The summed E-state index contributed by atoms with van der Waals surface area (Å²) in [7, 11) is 0. The quantitative estimate of drug-likeness (QED) is 0.101. The summed E-state index contributed by atoms with van der Waals surface area (Å²) in [5, 5.41) is 91.2. The number of aliphatic carboxylic acids is 3. The first-order valence-corrected chi connectivity index (χ1v) is 14.9. The van der Waals surface area contributed by atoms with Crippen molar-refractivity contribution in [3.05, 3.63) is 0 Å². The Morgan fingerprint density at radius 1 is 0.488 bits per heavy atom. The van der Waals surface area contributed by atoms with Gasteiger partial charge in [0.25, 0.3) is 0 Å². The van der Waals surface area contributed by atoms with Crippen LogP contribution in [0.4, 0.5) is 0 Å². The molecule has 0 heterocycles. The SMILES string of the molecule is CC(S)CC(=O)O.CC(S)CC(=O)O.CC(S)CC(=O)O.CCC(CO)(CO)CO.CCC(CO)(CO)CO.OCCO. The zero-order valence-electron chi connectivity index (χ0n) is 25.9. The molecule has 0 spiro atoms. The van der Waals surface area contributed by atoms with Gasteiger partial charge in [-0.3, -0.25) is 14.4 Å². The number of carboxylic acids is 3. The van der Waals surface area contributed by atoms with E-state index in [2.05, 4.69) is 37.9 Å². The standard InChI is InChI=1S/2C6H14O3.3C4H8O2S.C2H6O2/c2*1-2-6(3-7,4-8)5-9;3*1-3(7)2-4(5)6;3-1-2-4/h2*7-9H,2-5H2,1H3;3*3,7H,2H2,1H3,(H,5,6);3-4H,1-2H2. The highest BCUT2D eigenvalue weighted by molar-refractivity contribution is 7.81. The monoisotopic (exact) mass is 690 g/mol. The van der Waals surface area contributed by atoms with Crippen molar-refractivity contribution in [1.29, 1.82) is 0 Å². The van der Waals surface area contributed by atoms with E-state index in [0.717, 1.165) is 0 Å². The highest BCUT2D eigenvalue weighted by Crippen LogP contribution is 2.19. The molecule has 0 aliphatic rings. The fourth-order valence-corrected chi connectivity index (χ4v) is 2.20. The molecule has 3 unspecified atom stereocenters. The molecule has 0 amide bonds. The lowest BCUT2D eigenvalue weighted by Crippen LogP contribution is -2.32. The molecule has 0 aromatic carbocycles. The predicted octanol–water partition coefficient (Wildman–Crippen LogP) is 0.0286. The zero-order chi connectivity index (χ0) is 35.7. The molecule has 0 saturated carbocycles. The Balaban J connectivity index is -0.0000000969. The Morgan fingerprint density at radius 3 is 0.651 bits per heavy atom. The molecule has 0 radical (unpaired) electrons. The third-order valence-electron chi connectivity index (χ3n) is 5.02. The second kappa shape index (κ2) is 37.3. The van der Waals surface area contributed by atoms with Gasteiger partial charge in [0.1, 0.15) is 0 Å². The van der Waals surface area contributed by atoms with Gasteiger partial charge >= 0.3 is 17.9 Å². The largest absolute Gasteiger partial charge is 0.481 e. The number of rotatable bonds is 15. The van der Waals surface area contributed by atoms with Crippen molar-refractivity contribution >= 4 is 55.8 Å². The van der Waals surface area contributed by atoms with E-state index in [0.29, 0.717) is 12.8 Å². The first-order valence-electron chi connectivity index (χ1n) is 13.3. The third kappa shape index (κ3) is 48.3. The van der Waals surface area contributed by atoms with Gasteiger partial charge < -0.3 is 56.2 Å². The molecule has 3 atom stereocenters. The van der Waals surface area contributed by atoms with Gasteiger partial charge in [-0.2, -0.15) is 37.9 Å². The fraction of sp³-hybridized carbons (Fsp3) is 0.885. The van der Waals surface area contributed by atoms with Crippen LogP contribution in [0, 0.1) is 10.8 Å². The van der Waals surface area contributed by atoms with Crippen molar-refractivity contribution in [2.75, 3.05) is 52.9 Å². The maximum Gasteiger partial charge on any atom is 0.304 e. The topological polar surface area (TPSA) is 274 Å². The molecule has 0 saturated heterocycles. The first-order chi connectivity index (χ1) is 19.8. The predicted molar refractivity (Wildman–Crippen MR) is 174 cm³/mol. The maximum atomic E-state index is 9.76. The lowest BCUT2D eigenvalue weighted by molar-refractivity contribution is -0.137. The molecule has 0 rings (SSSR count). The van der Waals surface area contributed by atoms with Crippen LogP contribution in [0.15, 0.2) is 0 Å². The van der Waals surface area contributed by atoms with Crippen molar-refractivity contribution in [3.63, 3.8) is 0 Å². The Hall–Kier alpha value is -0.860. The van der Waals surface area contributed by atoms with Crippen LogP contribution in [0.1, 0.15) is 66.7 Å². The van der Waals surface area contributed by atoms with E-state index >= 15 is 0 Å². The number of aliphatic hydroxyl groups excluding tert-OH is 8. The summed E-state index contributed by atoms with van der Waals surface area (Å²) in [6.45, 7) is 7.70. The molecule has 0 aromatic rings. The van der Waals surface area contributed by atoms with Crippen LogP contribution in [0.5, 0.6) is 0 Å². The zero-order valence-corrected chi connectivity index (χ0v) is 28.6. The van der Waals surface area contributed by atoms with E-state index in [9.17, 15) is 14.4 Å². The maximum absolute atomic E-state index is 9.76. The second-order valence-corrected chi connectivity index (χ2v) is 12.1. The molecule has 0 aromatic heterocycles. The van der Waals surface area contributed by atoms with Crippen molar-refractivity contribution < 1.29 is 70.6 Å². The van der Waals surface area contributed by atoms with Crippen molar-refractivity contribution in [3.8, 4) is 0 Å². The van der Waals surface area contributed by atoms with E-state index in [1.165, 1.54) is 0 Å². The number of carboxylic acid groups (broad SMARTS) is 3. The van der Waals surface area contributed by atoms with Gasteiger partial charge in [0.2, 0.25) is 0 Å². The third-order valence-corrected chi connectivity index (χ3v) is 5.57. The van der Waals surface area contributed by atoms with Crippen molar-refractivity contribution in [1.82, 2.24) is 0 Å². The number of hydrogen-bond donors (Lipinski definition) is 14. The van der Waals surface area contributed by atoms with Gasteiger partial charge in [0, 0.05) is 26.6 Å². The van der Waals surface area contributed by atoms with Crippen LogP contribution in [0.2, 0.25) is 0 Å². The van der Waals surface area contributed by atoms with Gasteiger partial charge in [0.15, 0.2) is 0 Å². The highest BCUT2D eigenvalue weighted by Gasteiger charge is 2.25. The molecule has 43 heavy (non-hydrogen) atoms. The minimum absolute atomic E-state index is 0.0301. The minimum atomic E-state index is -0.789. The molecular formula is C26H58O14S3. The Bertz CT molecular complexity index is 511. The number of hydrogen-bond acceptors (Lipinski definition) is 14. The average molecular weight is 691 g/mol. The number of aliphatic hydroxyl groups is 8. The van der Waals surface area contributed by atoms with E-state index in [1.54, 1.807) is 20.8 Å². The summed E-state index contributed by atoms with van der Waals surface area (Å²) >= 11 is 11.6. The van der Waals surface area contributed by atoms with E-state index in [-0.39, 0.29) is 87.9 Å². The molecule has 264 valence electrons. The highest BCUT2D eigenvalue weighted by atomic mass is 32.1. The van der Waals surface area contributed by atoms with Gasteiger partial charge in [-0.25, -0.2) is 0 Å². The number of thiol groups is 3. The summed E-state index contributed by atoms with van der Waals surface area (Å²) in [5.41, 5.74) is -1.33. The molecule has 0 aliphatic heterocycles. The van der Waals surface area contributed by atoms with Gasteiger partial charge in [-0.1, -0.05) is 34.6 Å². The minimum Gasteiger partial charge on any atom is -0.481 e. The Morgan fingerprint density at radius 2 is 0.651 bits per heavy atom. The normalized spacial score (nSPS) is 12.3. The van der Waals surface area contributed by atoms with Crippen LogP contribution in [-0.4, -0.2) is 143 Å². The number of carbonyl (C=O) groups is 3. The Kier molecular flexibility index (Phi) is 47.4. The molecule has 0 fully saturated rings. The fourth-order valence-electron chi connectivity index (χ4n) is 1.73. The summed E-state index contributed by atoms with van der Waals surface area (Å²) in [5.74, 6) is -2.37. The van der Waals surface area contributed by atoms with Crippen LogP contribution in [-0.2, 0) is 14.4 Å². The molecule has 17 heteroatoms. The van der Waals surface area contributed by atoms with Gasteiger partial charge in [0.05, 0.1) is 72.1 Å². The molecule has 11 N–H and O–H groups in total. The lowest BCUT2D eigenvalue weighted by Gasteiger charge is -2.24. The average Bonchev–Trinajstić information content (AvgIpc) is 2.91. The van der Waals surface area contributed by atoms with Crippen LogP contribution < -0.4 is 0 Å². The first kappa shape index (κ1) is 54.6. The van der Waals surface area contributed by atoms with Crippen LogP contribution in [0.3, 0.4) is 0 Å². The Labute approximate surface area is 272 Å². The lowest BCUT2D eigenvalue weighted by atomic mass is 9.88. The molecule has 0 bridgehead atoms. The van der Waals surface area contributed by atoms with Crippen molar-refractivity contribution in [2.45, 2.75) is 82.5 Å². The summed E-state index contributed by atoms with van der Waals surface area (Å²) in [4.78, 5) is 29.3. The summed E-state index contributed by atoms with van der Waals surface area (Å²) in [6.07, 6.45) is 1.61. The van der Waals surface area contributed by atoms with Gasteiger partial charge in [-0.15, -0.1) is 0 Å².